The van der Waals surface area contributed by atoms with Crippen LogP contribution >= 0.6 is 34.7 Å². The van der Waals surface area contributed by atoms with E-state index in [1.54, 1.807) is 40.2 Å². The molecule has 0 bridgehead atoms. The second-order valence-corrected chi connectivity index (χ2v) is 10.1. The smallest absolute Gasteiger partial charge is 0.267 e. The monoisotopic (exact) mass is 471 g/mol. The number of benzene rings is 2. The van der Waals surface area contributed by atoms with Gasteiger partial charge in [-0.15, -0.1) is 11.3 Å². The van der Waals surface area contributed by atoms with Gasteiger partial charge in [0.2, 0.25) is 0 Å². The molecule has 0 unspecified atom stereocenters. The van der Waals surface area contributed by atoms with Gasteiger partial charge in [0.25, 0.3) is 5.56 Å². The quantitative estimate of drug-likeness (QED) is 0.290. The van der Waals surface area contributed by atoms with Crippen LogP contribution in [0.25, 0.3) is 15.9 Å². The van der Waals surface area contributed by atoms with Gasteiger partial charge < -0.3 is 4.90 Å². The zero-order chi connectivity index (χ0) is 21.5. The molecule has 0 saturated carbocycles. The number of nitrogens with zero attached hydrogens (tertiary/aromatic N) is 3. The summed E-state index contributed by atoms with van der Waals surface area (Å²) in [4.78, 5) is 22.9. The van der Waals surface area contributed by atoms with Gasteiger partial charge >= 0.3 is 0 Å². The largest absolute Gasteiger partial charge is 0.301 e. The van der Waals surface area contributed by atoms with E-state index < -0.39 is 0 Å². The van der Waals surface area contributed by atoms with E-state index in [4.69, 9.17) is 16.6 Å². The molecule has 0 aliphatic carbocycles. The Balaban J connectivity index is 1.66. The minimum absolute atomic E-state index is 0.0593. The Hall–Kier alpha value is -2.19. The molecule has 3 heterocycles. The fourth-order valence-corrected chi connectivity index (χ4v) is 6.31. The molecule has 1 aliphatic rings. The minimum atomic E-state index is -0.265. The van der Waals surface area contributed by atoms with Crippen molar-refractivity contribution in [1.29, 1.82) is 0 Å². The lowest BCUT2D eigenvalue weighted by atomic mass is 10.1. The number of aromatic nitrogens is 2. The van der Waals surface area contributed by atoms with E-state index in [0.717, 1.165) is 40.9 Å². The van der Waals surface area contributed by atoms with Crippen LogP contribution in [0, 0.1) is 5.82 Å². The average Bonchev–Trinajstić information content (AvgIpc) is 3.11. The molecule has 2 aromatic carbocycles. The number of likely N-dealkylation sites (N-methyl/N-ethyl adjacent to an activating group) is 1. The van der Waals surface area contributed by atoms with E-state index in [2.05, 4.69) is 11.9 Å². The van der Waals surface area contributed by atoms with E-state index in [1.807, 2.05) is 12.1 Å². The summed E-state index contributed by atoms with van der Waals surface area (Å²) in [6.07, 6.45) is 0.848. The molecule has 0 N–H and O–H groups in total. The van der Waals surface area contributed by atoms with Crippen molar-refractivity contribution >= 4 is 44.9 Å². The topological polar surface area (TPSA) is 38.1 Å². The molecule has 158 valence electrons. The fraction of sp³-hybridized carbons (Fsp3) is 0.217. The van der Waals surface area contributed by atoms with Gasteiger partial charge in [-0.2, -0.15) is 0 Å². The van der Waals surface area contributed by atoms with Crippen molar-refractivity contribution in [2.24, 2.45) is 0 Å². The summed E-state index contributed by atoms with van der Waals surface area (Å²) in [5.74, 6) is 0.311. The molecule has 1 aliphatic heterocycles. The van der Waals surface area contributed by atoms with Crippen LogP contribution in [0.3, 0.4) is 0 Å². The van der Waals surface area contributed by atoms with Gasteiger partial charge in [-0.25, -0.2) is 9.37 Å². The minimum Gasteiger partial charge on any atom is -0.301 e. The average molecular weight is 472 g/mol. The summed E-state index contributed by atoms with van der Waals surface area (Å²) in [6, 6.07) is 13.7. The van der Waals surface area contributed by atoms with Crippen LogP contribution in [0.5, 0.6) is 0 Å². The standard InChI is InChI=1S/C23H19ClFN3OS2/c1-27-10-9-18-19(12-27)31-21-20(18)22(29)28(17-4-2-3-15(24)11-17)23(26-21)30-13-14-5-7-16(25)8-6-14/h2-8,11H,9-10,12-13H2,1H3. The van der Waals surface area contributed by atoms with Crippen LogP contribution in [0.2, 0.25) is 5.02 Å². The molecule has 31 heavy (non-hydrogen) atoms. The predicted molar refractivity (Wildman–Crippen MR) is 126 cm³/mol. The van der Waals surface area contributed by atoms with Crippen molar-refractivity contribution in [2.45, 2.75) is 23.9 Å². The number of hydrogen-bond acceptors (Lipinski definition) is 5. The van der Waals surface area contributed by atoms with Crippen molar-refractivity contribution in [3.63, 3.8) is 0 Å². The lowest BCUT2D eigenvalue weighted by molar-refractivity contribution is 0.318. The lowest BCUT2D eigenvalue weighted by Crippen LogP contribution is -2.27. The van der Waals surface area contributed by atoms with Crippen molar-refractivity contribution in [1.82, 2.24) is 14.5 Å². The highest BCUT2D eigenvalue weighted by atomic mass is 35.5. The van der Waals surface area contributed by atoms with Gasteiger partial charge in [0, 0.05) is 28.7 Å². The molecule has 8 heteroatoms. The molecular weight excluding hydrogens is 453 g/mol. The molecular formula is C23H19ClFN3OS2. The maximum absolute atomic E-state index is 13.7. The molecule has 0 atom stereocenters. The summed E-state index contributed by atoms with van der Waals surface area (Å²) in [5, 5.41) is 1.89. The third-order valence-electron chi connectivity index (χ3n) is 5.38. The molecule has 0 amide bonds. The molecule has 4 nitrogen and oxygen atoms in total. The number of fused-ring (bicyclic) bond motifs is 3. The van der Waals surface area contributed by atoms with Crippen LogP contribution in [-0.2, 0) is 18.7 Å². The number of thioether (sulfide) groups is 1. The maximum atomic E-state index is 13.7. The Morgan fingerprint density at radius 2 is 2.03 bits per heavy atom. The van der Waals surface area contributed by atoms with Crippen LogP contribution in [0.1, 0.15) is 16.0 Å². The Labute approximate surface area is 192 Å². The lowest BCUT2D eigenvalue weighted by Gasteiger charge is -2.21. The third kappa shape index (κ3) is 4.03. The van der Waals surface area contributed by atoms with Gasteiger partial charge in [-0.1, -0.05) is 41.6 Å². The highest BCUT2D eigenvalue weighted by Gasteiger charge is 2.24. The normalized spacial score (nSPS) is 14.2. The van der Waals surface area contributed by atoms with E-state index in [-0.39, 0.29) is 11.4 Å². The summed E-state index contributed by atoms with van der Waals surface area (Å²) in [6.45, 7) is 1.77. The summed E-state index contributed by atoms with van der Waals surface area (Å²) in [7, 11) is 2.09. The van der Waals surface area contributed by atoms with Crippen LogP contribution < -0.4 is 5.56 Å². The van der Waals surface area contributed by atoms with Gasteiger partial charge in [0.05, 0.1) is 11.1 Å². The number of hydrogen-bond donors (Lipinski definition) is 0. The van der Waals surface area contributed by atoms with E-state index in [0.29, 0.717) is 21.6 Å². The van der Waals surface area contributed by atoms with E-state index in [9.17, 15) is 9.18 Å². The molecule has 0 fully saturated rings. The molecule has 4 aromatic rings. The highest BCUT2D eigenvalue weighted by molar-refractivity contribution is 7.98. The Kier molecular flexibility index (Phi) is 5.60. The summed E-state index contributed by atoms with van der Waals surface area (Å²) in [5.41, 5.74) is 2.73. The Morgan fingerprint density at radius 3 is 2.81 bits per heavy atom. The first kappa shape index (κ1) is 20.7. The maximum Gasteiger partial charge on any atom is 0.267 e. The van der Waals surface area contributed by atoms with Crippen molar-refractivity contribution in [2.75, 3.05) is 13.6 Å². The fourth-order valence-electron chi connectivity index (χ4n) is 3.82. The van der Waals surface area contributed by atoms with Gasteiger partial charge in [-0.05, 0) is 54.9 Å². The van der Waals surface area contributed by atoms with Gasteiger partial charge in [0.1, 0.15) is 10.6 Å². The third-order valence-corrected chi connectivity index (χ3v) is 7.74. The SMILES string of the molecule is CN1CCc2c(sc3nc(SCc4ccc(F)cc4)n(-c4cccc(Cl)c4)c(=O)c23)C1. The van der Waals surface area contributed by atoms with E-state index >= 15 is 0 Å². The van der Waals surface area contributed by atoms with Crippen molar-refractivity contribution in [3.8, 4) is 5.69 Å². The zero-order valence-electron chi connectivity index (χ0n) is 16.8. The summed E-state index contributed by atoms with van der Waals surface area (Å²) >= 11 is 9.31. The van der Waals surface area contributed by atoms with E-state index in [1.165, 1.54) is 28.8 Å². The first-order valence-electron chi connectivity index (χ1n) is 9.88. The van der Waals surface area contributed by atoms with Gasteiger partial charge in [0.15, 0.2) is 5.16 Å². The highest BCUT2D eigenvalue weighted by Crippen LogP contribution is 2.34. The summed E-state index contributed by atoms with van der Waals surface area (Å²) < 4.78 is 14.9. The van der Waals surface area contributed by atoms with Crippen LogP contribution in [-0.4, -0.2) is 28.0 Å². The molecule has 0 saturated heterocycles. The number of halogens is 2. The Morgan fingerprint density at radius 1 is 1.23 bits per heavy atom. The number of rotatable bonds is 4. The van der Waals surface area contributed by atoms with Crippen molar-refractivity contribution in [3.05, 3.63) is 85.7 Å². The van der Waals surface area contributed by atoms with Gasteiger partial charge in [-0.3, -0.25) is 9.36 Å². The second-order valence-electron chi connectivity index (χ2n) is 7.60. The van der Waals surface area contributed by atoms with Crippen molar-refractivity contribution < 1.29 is 4.39 Å². The van der Waals surface area contributed by atoms with Crippen LogP contribution in [0.4, 0.5) is 4.39 Å². The molecule has 0 spiro atoms. The number of thiophene rings is 1. The second kappa shape index (κ2) is 8.39. The molecule has 0 radical (unpaired) electrons. The molecule has 2 aromatic heterocycles. The first-order chi connectivity index (χ1) is 15.0. The Bertz CT molecular complexity index is 1330. The first-order valence-corrected chi connectivity index (χ1v) is 12.1. The zero-order valence-corrected chi connectivity index (χ0v) is 19.2. The molecule has 5 rings (SSSR count). The predicted octanol–water partition coefficient (Wildman–Crippen LogP) is 5.52. The van der Waals surface area contributed by atoms with Crippen LogP contribution in [0.15, 0.2) is 58.5 Å².